The summed E-state index contributed by atoms with van der Waals surface area (Å²) in [6.07, 6.45) is 0. The molecule has 0 unspecified atom stereocenters. The van der Waals surface area contributed by atoms with Crippen LogP contribution in [0.4, 0.5) is 11.9 Å². The Morgan fingerprint density at radius 3 is 1.48 bits per heavy atom. The van der Waals surface area contributed by atoms with Gasteiger partial charge in [0.1, 0.15) is 0 Å². The zero-order valence-electron chi connectivity index (χ0n) is 18.5. The summed E-state index contributed by atoms with van der Waals surface area (Å²) in [5.41, 5.74) is 2.34. The van der Waals surface area contributed by atoms with Crippen LogP contribution in [0.3, 0.4) is 0 Å². The monoisotopic (exact) mass is 453 g/mol. The van der Waals surface area contributed by atoms with Gasteiger partial charge < -0.3 is 10.6 Å². The van der Waals surface area contributed by atoms with Crippen molar-refractivity contribution < 1.29 is 0 Å². The summed E-state index contributed by atoms with van der Waals surface area (Å²) in [5.74, 6) is 0.867. The van der Waals surface area contributed by atoms with Crippen molar-refractivity contribution in [2.75, 3.05) is 10.6 Å². The van der Waals surface area contributed by atoms with Crippen LogP contribution in [0.5, 0.6) is 0 Å². The van der Waals surface area contributed by atoms with E-state index in [4.69, 9.17) is 11.6 Å². The lowest BCUT2D eigenvalue weighted by Gasteiger charge is -2.19. The Labute approximate surface area is 197 Å². The first kappa shape index (κ1) is 21.2. The number of aromatic nitrogens is 3. The summed E-state index contributed by atoms with van der Waals surface area (Å²) in [5, 5.41) is 11.7. The molecule has 0 aliphatic rings. The van der Waals surface area contributed by atoms with Crippen molar-refractivity contribution in [1.29, 1.82) is 0 Å². The van der Waals surface area contributed by atoms with Crippen LogP contribution in [0.1, 0.15) is 37.1 Å². The van der Waals surface area contributed by atoms with Crippen LogP contribution in [-0.2, 0) is 0 Å². The second-order valence-corrected chi connectivity index (χ2v) is 8.46. The highest BCUT2D eigenvalue weighted by Gasteiger charge is 2.15. The maximum absolute atomic E-state index is 6.26. The number of hydrogen-bond acceptors (Lipinski definition) is 5. The van der Waals surface area contributed by atoms with E-state index >= 15 is 0 Å². The molecule has 0 amide bonds. The van der Waals surface area contributed by atoms with E-state index < -0.39 is 0 Å². The third kappa shape index (κ3) is 4.45. The van der Waals surface area contributed by atoms with Crippen LogP contribution in [0.25, 0.3) is 21.5 Å². The summed E-state index contributed by atoms with van der Waals surface area (Å²) >= 11 is 6.26. The van der Waals surface area contributed by atoms with Gasteiger partial charge in [-0.3, -0.25) is 0 Å². The first-order valence-corrected chi connectivity index (χ1v) is 11.4. The minimum Gasteiger partial charge on any atom is -0.347 e. The second kappa shape index (κ2) is 9.04. The minimum atomic E-state index is -0.0158. The Kier molecular flexibility index (Phi) is 5.80. The lowest BCUT2D eigenvalue weighted by atomic mass is 10.00. The molecule has 1 aromatic heterocycles. The minimum absolute atomic E-state index is 0.0158. The summed E-state index contributed by atoms with van der Waals surface area (Å²) in [7, 11) is 0. The van der Waals surface area contributed by atoms with Crippen molar-refractivity contribution >= 4 is 45.0 Å². The largest absolute Gasteiger partial charge is 0.347 e. The van der Waals surface area contributed by atoms with Gasteiger partial charge in [0.2, 0.25) is 17.2 Å². The molecule has 0 spiro atoms. The van der Waals surface area contributed by atoms with Crippen molar-refractivity contribution in [3.8, 4) is 0 Å². The van der Waals surface area contributed by atoms with E-state index in [9.17, 15) is 0 Å². The van der Waals surface area contributed by atoms with E-state index in [0.29, 0.717) is 11.9 Å². The molecule has 164 valence electrons. The van der Waals surface area contributed by atoms with E-state index in [-0.39, 0.29) is 17.4 Å². The molecule has 0 radical (unpaired) electrons. The number of nitrogens with one attached hydrogen (secondary N) is 2. The number of fused-ring (bicyclic) bond motifs is 2. The number of halogens is 1. The van der Waals surface area contributed by atoms with Gasteiger partial charge >= 0.3 is 0 Å². The number of benzene rings is 4. The molecule has 5 aromatic rings. The molecule has 0 aliphatic heterocycles. The normalized spacial score (nSPS) is 13.1. The molecular weight excluding hydrogens is 430 g/mol. The molecule has 0 aliphatic carbocycles. The second-order valence-electron chi connectivity index (χ2n) is 8.12. The Bertz CT molecular complexity index is 1320. The maximum atomic E-state index is 6.26. The van der Waals surface area contributed by atoms with Gasteiger partial charge in [-0.25, -0.2) is 0 Å². The number of hydrogen-bond donors (Lipinski definition) is 2. The van der Waals surface area contributed by atoms with E-state index in [2.05, 4.69) is 112 Å². The average molecular weight is 454 g/mol. The quantitative estimate of drug-likeness (QED) is 0.285. The van der Waals surface area contributed by atoms with E-state index in [1.54, 1.807) is 0 Å². The standard InChI is InChI=1S/C27H24ClN5/c1-17(21-15-7-11-19-9-3-5-13-23(19)21)29-26-31-25(28)32-27(33-26)30-18(2)22-16-8-12-20-10-4-6-14-24(20)22/h3-18H,1-2H3,(H2,29,30,31,32,33)/t17-,18-/m1/s1. The first-order chi connectivity index (χ1) is 16.1. The van der Waals surface area contributed by atoms with Gasteiger partial charge in [-0.1, -0.05) is 84.9 Å². The summed E-state index contributed by atoms with van der Waals surface area (Å²) in [6.45, 7) is 4.18. The van der Waals surface area contributed by atoms with E-state index in [1.807, 2.05) is 12.1 Å². The highest BCUT2D eigenvalue weighted by Crippen LogP contribution is 2.28. The molecule has 0 fully saturated rings. The predicted molar refractivity (Wildman–Crippen MR) is 137 cm³/mol. The molecular formula is C27H24ClN5. The average Bonchev–Trinajstić information content (AvgIpc) is 2.83. The fraction of sp³-hybridized carbons (Fsp3) is 0.148. The molecule has 1 heterocycles. The van der Waals surface area contributed by atoms with Gasteiger partial charge in [0.05, 0.1) is 12.1 Å². The van der Waals surface area contributed by atoms with Crippen LogP contribution in [0.2, 0.25) is 5.28 Å². The van der Waals surface area contributed by atoms with Gasteiger partial charge in [0.15, 0.2) is 0 Å². The Morgan fingerprint density at radius 2 is 1.00 bits per heavy atom. The van der Waals surface area contributed by atoms with Crippen LogP contribution in [-0.4, -0.2) is 15.0 Å². The third-order valence-corrected chi connectivity index (χ3v) is 6.05. The Morgan fingerprint density at radius 1 is 0.576 bits per heavy atom. The smallest absolute Gasteiger partial charge is 0.229 e. The van der Waals surface area contributed by atoms with E-state index in [1.165, 1.54) is 32.7 Å². The molecule has 0 saturated carbocycles. The van der Waals surface area contributed by atoms with Gasteiger partial charge in [-0.15, -0.1) is 0 Å². The summed E-state index contributed by atoms with van der Waals surface area (Å²) in [6, 6.07) is 29.2. The molecule has 4 aromatic carbocycles. The lowest BCUT2D eigenvalue weighted by molar-refractivity contribution is 0.839. The van der Waals surface area contributed by atoms with Gasteiger partial charge in [-0.05, 0) is 58.1 Å². The zero-order chi connectivity index (χ0) is 22.8. The lowest BCUT2D eigenvalue weighted by Crippen LogP contribution is -2.14. The summed E-state index contributed by atoms with van der Waals surface area (Å²) < 4.78 is 0. The molecule has 33 heavy (non-hydrogen) atoms. The fourth-order valence-electron chi connectivity index (χ4n) is 4.28. The van der Waals surface area contributed by atoms with Crippen molar-refractivity contribution in [2.45, 2.75) is 25.9 Å². The number of nitrogens with zero attached hydrogens (tertiary/aromatic N) is 3. The van der Waals surface area contributed by atoms with Crippen molar-refractivity contribution in [1.82, 2.24) is 15.0 Å². The highest BCUT2D eigenvalue weighted by atomic mass is 35.5. The van der Waals surface area contributed by atoms with Crippen LogP contribution < -0.4 is 10.6 Å². The number of rotatable bonds is 6. The van der Waals surface area contributed by atoms with Crippen LogP contribution in [0.15, 0.2) is 84.9 Å². The van der Waals surface area contributed by atoms with Crippen molar-refractivity contribution in [3.05, 3.63) is 101 Å². The maximum Gasteiger partial charge on any atom is 0.229 e. The SMILES string of the molecule is C[C@@H](Nc1nc(Cl)nc(N[C@H](C)c2cccc3ccccc23)n1)c1cccc2ccccc12. The molecule has 2 atom stereocenters. The topological polar surface area (TPSA) is 62.7 Å². The van der Waals surface area contributed by atoms with E-state index in [0.717, 1.165) is 0 Å². The fourth-order valence-corrected chi connectivity index (χ4v) is 4.44. The molecule has 0 bridgehead atoms. The first-order valence-electron chi connectivity index (χ1n) is 11.0. The Balaban J connectivity index is 1.40. The molecule has 5 rings (SSSR count). The van der Waals surface area contributed by atoms with Gasteiger partial charge in [0.25, 0.3) is 0 Å². The third-order valence-electron chi connectivity index (χ3n) is 5.88. The van der Waals surface area contributed by atoms with Crippen LogP contribution in [0, 0.1) is 0 Å². The van der Waals surface area contributed by atoms with Crippen molar-refractivity contribution in [2.24, 2.45) is 0 Å². The highest BCUT2D eigenvalue weighted by molar-refractivity contribution is 6.28. The van der Waals surface area contributed by atoms with Crippen molar-refractivity contribution in [3.63, 3.8) is 0 Å². The number of anilines is 2. The molecule has 2 N–H and O–H groups in total. The molecule has 5 nitrogen and oxygen atoms in total. The summed E-state index contributed by atoms with van der Waals surface area (Å²) in [4.78, 5) is 13.2. The Hall–Kier alpha value is -3.70. The molecule has 0 saturated heterocycles. The zero-order valence-corrected chi connectivity index (χ0v) is 19.2. The van der Waals surface area contributed by atoms with Crippen LogP contribution >= 0.6 is 11.6 Å². The van der Waals surface area contributed by atoms with Gasteiger partial charge in [-0.2, -0.15) is 15.0 Å². The molecule has 6 heteroatoms. The van der Waals surface area contributed by atoms with Gasteiger partial charge in [0, 0.05) is 0 Å². The predicted octanol–water partition coefficient (Wildman–Crippen LogP) is 7.18.